The quantitative estimate of drug-likeness (QED) is 0.601. The predicted octanol–water partition coefficient (Wildman–Crippen LogP) is 4.47. The van der Waals surface area contributed by atoms with E-state index in [1.807, 2.05) is 6.07 Å². The predicted molar refractivity (Wildman–Crippen MR) is 110 cm³/mol. The van der Waals surface area contributed by atoms with E-state index in [9.17, 15) is 9.18 Å². The first-order valence-electron chi connectivity index (χ1n) is 8.67. The van der Waals surface area contributed by atoms with Crippen LogP contribution in [0.4, 0.5) is 9.52 Å². The topological polar surface area (TPSA) is 45.7 Å². The van der Waals surface area contributed by atoms with Crippen LogP contribution in [-0.2, 0) is 4.79 Å². The van der Waals surface area contributed by atoms with Crippen LogP contribution in [0.25, 0.3) is 10.2 Å². The summed E-state index contributed by atoms with van der Waals surface area (Å²) in [7, 11) is 0. The lowest BCUT2D eigenvalue weighted by atomic mass is 10.3. The zero-order chi connectivity index (χ0) is 19.7. The number of carbonyl (C=O) groups excluding carboxylic acids is 1. The number of benzene rings is 2. The van der Waals surface area contributed by atoms with Crippen molar-refractivity contribution in [1.29, 1.82) is 0 Å². The van der Waals surface area contributed by atoms with Crippen molar-refractivity contribution in [3.63, 3.8) is 0 Å². The van der Waals surface area contributed by atoms with Gasteiger partial charge in [-0.1, -0.05) is 40.6 Å². The van der Waals surface area contributed by atoms with Crippen molar-refractivity contribution in [2.75, 3.05) is 37.7 Å². The van der Waals surface area contributed by atoms with Gasteiger partial charge >= 0.3 is 0 Å². The molecule has 0 N–H and O–H groups in total. The van der Waals surface area contributed by atoms with E-state index < -0.39 is 0 Å². The molecular formula is C19H16Cl2FN3O2S. The zero-order valence-electron chi connectivity index (χ0n) is 14.7. The SMILES string of the molecule is O=C(COc1ccc(Cl)cc1Cl)N1CCN(c2nc3c(F)cccc3s2)CC1. The fourth-order valence-electron chi connectivity index (χ4n) is 3.01. The Kier molecular flexibility index (Phi) is 5.57. The molecule has 0 spiro atoms. The number of rotatable bonds is 4. The fraction of sp³-hybridized carbons (Fsp3) is 0.263. The minimum absolute atomic E-state index is 0.0896. The summed E-state index contributed by atoms with van der Waals surface area (Å²) < 4.78 is 20.2. The van der Waals surface area contributed by atoms with Gasteiger partial charge in [0.15, 0.2) is 11.7 Å². The molecule has 3 aromatic rings. The maximum Gasteiger partial charge on any atom is 0.260 e. The van der Waals surface area contributed by atoms with Gasteiger partial charge in [-0.25, -0.2) is 9.37 Å². The van der Waals surface area contributed by atoms with E-state index in [2.05, 4.69) is 9.88 Å². The molecule has 1 amide bonds. The first-order chi connectivity index (χ1) is 13.5. The molecular weight excluding hydrogens is 424 g/mol. The van der Waals surface area contributed by atoms with Gasteiger partial charge in [-0.2, -0.15) is 0 Å². The first kappa shape index (κ1) is 19.2. The molecule has 0 atom stereocenters. The lowest BCUT2D eigenvalue weighted by Gasteiger charge is -2.34. The van der Waals surface area contributed by atoms with Crippen LogP contribution in [0.3, 0.4) is 0 Å². The van der Waals surface area contributed by atoms with Crippen molar-refractivity contribution in [2.45, 2.75) is 0 Å². The monoisotopic (exact) mass is 439 g/mol. The lowest BCUT2D eigenvalue weighted by Crippen LogP contribution is -2.50. The molecule has 0 radical (unpaired) electrons. The summed E-state index contributed by atoms with van der Waals surface area (Å²) in [5, 5.41) is 1.65. The molecule has 2 aromatic carbocycles. The maximum absolute atomic E-state index is 13.9. The van der Waals surface area contributed by atoms with Crippen molar-refractivity contribution in [3.8, 4) is 5.75 Å². The Labute approximate surface area is 175 Å². The van der Waals surface area contributed by atoms with Crippen molar-refractivity contribution in [3.05, 3.63) is 52.3 Å². The second-order valence-corrected chi connectivity index (χ2v) is 8.17. The summed E-state index contributed by atoms with van der Waals surface area (Å²) in [5.41, 5.74) is 0.397. The van der Waals surface area contributed by atoms with Crippen molar-refractivity contribution < 1.29 is 13.9 Å². The molecule has 146 valence electrons. The van der Waals surface area contributed by atoms with E-state index in [1.165, 1.54) is 17.4 Å². The molecule has 0 saturated carbocycles. The number of anilines is 1. The maximum atomic E-state index is 13.9. The number of aromatic nitrogens is 1. The van der Waals surface area contributed by atoms with Gasteiger partial charge in [0.25, 0.3) is 5.91 Å². The molecule has 1 aromatic heterocycles. The number of ether oxygens (including phenoxy) is 1. The Morgan fingerprint density at radius 2 is 1.96 bits per heavy atom. The van der Waals surface area contributed by atoms with Crippen molar-refractivity contribution >= 4 is 55.8 Å². The third-order valence-electron chi connectivity index (χ3n) is 4.51. The minimum atomic E-state index is -0.313. The van der Waals surface area contributed by atoms with Crippen molar-refractivity contribution in [1.82, 2.24) is 9.88 Å². The fourth-order valence-corrected chi connectivity index (χ4v) is 4.50. The average molecular weight is 440 g/mol. The highest BCUT2D eigenvalue weighted by Crippen LogP contribution is 2.31. The molecule has 1 saturated heterocycles. The third-order valence-corrected chi connectivity index (χ3v) is 6.12. The second kappa shape index (κ2) is 8.11. The molecule has 1 aliphatic rings. The molecule has 28 heavy (non-hydrogen) atoms. The second-order valence-electron chi connectivity index (χ2n) is 6.31. The Balaban J connectivity index is 1.34. The van der Waals surface area contributed by atoms with Crippen molar-refractivity contribution in [2.24, 2.45) is 0 Å². The van der Waals surface area contributed by atoms with Gasteiger partial charge in [-0.3, -0.25) is 4.79 Å². The van der Waals surface area contributed by atoms with E-state index >= 15 is 0 Å². The number of para-hydroxylation sites is 1. The smallest absolute Gasteiger partial charge is 0.260 e. The highest BCUT2D eigenvalue weighted by molar-refractivity contribution is 7.22. The van der Waals surface area contributed by atoms with Crippen LogP contribution >= 0.6 is 34.5 Å². The van der Waals surface area contributed by atoms with E-state index in [-0.39, 0.29) is 18.3 Å². The lowest BCUT2D eigenvalue weighted by molar-refractivity contribution is -0.133. The highest BCUT2D eigenvalue weighted by Gasteiger charge is 2.24. The number of thiazole rings is 1. The summed E-state index contributed by atoms with van der Waals surface area (Å²) in [4.78, 5) is 20.7. The molecule has 0 bridgehead atoms. The Hall–Kier alpha value is -2.09. The van der Waals surface area contributed by atoms with Crippen LogP contribution in [-0.4, -0.2) is 48.6 Å². The average Bonchev–Trinajstić information content (AvgIpc) is 3.13. The van der Waals surface area contributed by atoms with Gasteiger partial charge in [-0.05, 0) is 30.3 Å². The van der Waals surface area contributed by atoms with Crippen LogP contribution in [0.2, 0.25) is 10.0 Å². The van der Waals surface area contributed by atoms with Gasteiger partial charge in [0, 0.05) is 31.2 Å². The number of fused-ring (bicyclic) bond motifs is 1. The minimum Gasteiger partial charge on any atom is -0.482 e. The largest absolute Gasteiger partial charge is 0.482 e. The number of carbonyl (C=O) groups is 1. The molecule has 0 aliphatic carbocycles. The van der Waals surface area contributed by atoms with Crippen LogP contribution in [0.5, 0.6) is 5.75 Å². The normalized spacial score (nSPS) is 14.5. The van der Waals surface area contributed by atoms with E-state index in [1.54, 1.807) is 29.2 Å². The van der Waals surface area contributed by atoms with Gasteiger partial charge in [0.05, 0.1) is 9.72 Å². The van der Waals surface area contributed by atoms with Crippen LogP contribution in [0, 0.1) is 5.82 Å². The van der Waals surface area contributed by atoms with E-state index in [4.69, 9.17) is 27.9 Å². The third kappa shape index (κ3) is 4.01. The number of hydrogen-bond acceptors (Lipinski definition) is 5. The summed E-state index contributed by atoms with van der Waals surface area (Å²) in [5.74, 6) is 0.00221. The number of piperazine rings is 1. The summed E-state index contributed by atoms with van der Waals surface area (Å²) in [6, 6.07) is 9.83. The summed E-state index contributed by atoms with van der Waals surface area (Å²) >= 11 is 13.4. The highest BCUT2D eigenvalue weighted by atomic mass is 35.5. The summed E-state index contributed by atoms with van der Waals surface area (Å²) in [6.07, 6.45) is 0. The van der Waals surface area contributed by atoms with Crippen LogP contribution < -0.4 is 9.64 Å². The van der Waals surface area contributed by atoms with Gasteiger partial charge in [0.2, 0.25) is 0 Å². The number of hydrogen-bond donors (Lipinski definition) is 0. The Morgan fingerprint density at radius 3 is 2.68 bits per heavy atom. The zero-order valence-corrected chi connectivity index (χ0v) is 17.0. The Morgan fingerprint density at radius 1 is 1.18 bits per heavy atom. The first-order valence-corrected chi connectivity index (χ1v) is 10.2. The molecule has 4 rings (SSSR count). The van der Waals surface area contributed by atoms with Crippen LogP contribution in [0.15, 0.2) is 36.4 Å². The van der Waals surface area contributed by atoms with Gasteiger partial charge in [0.1, 0.15) is 17.1 Å². The number of nitrogens with zero attached hydrogens (tertiary/aromatic N) is 3. The summed E-state index contributed by atoms with van der Waals surface area (Å²) in [6.45, 7) is 2.28. The van der Waals surface area contributed by atoms with Gasteiger partial charge < -0.3 is 14.5 Å². The molecule has 2 heterocycles. The Bertz CT molecular complexity index is 1020. The number of halogens is 3. The number of amides is 1. The molecule has 0 unspecified atom stereocenters. The van der Waals surface area contributed by atoms with Gasteiger partial charge in [-0.15, -0.1) is 0 Å². The molecule has 1 aliphatic heterocycles. The molecule has 5 nitrogen and oxygen atoms in total. The molecule has 1 fully saturated rings. The van der Waals surface area contributed by atoms with E-state index in [0.717, 1.165) is 9.83 Å². The van der Waals surface area contributed by atoms with Crippen LogP contribution in [0.1, 0.15) is 0 Å². The van der Waals surface area contributed by atoms with E-state index in [0.29, 0.717) is 47.5 Å². The molecule has 9 heteroatoms. The standard InChI is InChI=1S/C19H16Cl2FN3O2S/c20-12-4-5-15(13(21)10-12)27-11-17(26)24-6-8-25(9-7-24)19-23-18-14(22)2-1-3-16(18)28-19/h1-5,10H,6-9,11H2.